The SMILES string of the molecule is COc1cccc([C@H]2C3=C(N=c4s/c(=C\c5cc(C)n(-c6ccccc6)c5C)c(=O)n42)c2ccccc2CC3)c1. The Hall–Kier alpha value is -4.42. The summed E-state index contributed by atoms with van der Waals surface area (Å²) < 4.78 is 10.4. The molecule has 6 heteroatoms. The summed E-state index contributed by atoms with van der Waals surface area (Å²) in [6, 6.07) is 28.8. The summed E-state index contributed by atoms with van der Waals surface area (Å²) in [5.41, 5.74) is 10.1. The highest BCUT2D eigenvalue weighted by molar-refractivity contribution is 7.07. The van der Waals surface area contributed by atoms with E-state index in [1.54, 1.807) is 7.11 Å². The van der Waals surface area contributed by atoms with Crippen LogP contribution < -0.4 is 19.6 Å². The molecule has 198 valence electrons. The molecule has 1 atom stereocenters. The quantitative estimate of drug-likeness (QED) is 0.291. The maximum Gasteiger partial charge on any atom is 0.271 e. The van der Waals surface area contributed by atoms with Crippen LogP contribution in [-0.4, -0.2) is 16.2 Å². The zero-order valence-corrected chi connectivity index (χ0v) is 23.5. The molecule has 0 spiro atoms. The van der Waals surface area contributed by atoms with Crippen LogP contribution in [0.25, 0.3) is 17.5 Å². The molecule has 2 aromatic heterocycles. The molecule has 3 aromatic carbocycles. The van der Waals surface area contributed by atoms with Gasteiger partial charge in [-0.15, -0.1) is 0 Å². The van der Waals surface area contributed by atoms with Gasteiger partial charge in [-0.2, -0.15) is 0 Å². The highest BCUT2D eigenvalue weighted by atomic mass is 32.1. The van der Waals surface area contributed by atoms with Crippen LogP contribution in [0, 0.1) is 13.8 Å². The summed E-state index contributed by atoms with van der Waals surface area (Å²) in [5, 5.41) is 0. The molecule has 1 aliphatic carbocycles. The normalized spacial score (nSPS) is 16.3. The second-order valence-corrected chi connectivity index (χ2v) is 11.4. The summed E-state index contributed by atoms with van der Waals surface area (Å²) in [5.74, 6) is 0.781. The minimum Gasteiger partial charge on any atom is -0.497 e. The number of hydrogen-bond acceptors (Lipinski definition) is 4. The van der Waals surface area contributed by atoms with Crippen molar-refractivity contribution in [3.63, 3.8) is 0 Å². The molecule has 0 saturated carbocycles. The van der Waals surface area contributed by atoms with Crippen LogP contribution in [0.2, 0.25) is 0 Å². The summed E-state index contributed by atoms with van der Waals surface area (Å²) in [7, 11) is 1.68. The van der Waals surface area contributed by atoms with E-state index in [1.165, 1.54) is 28.0 Å². The Bertz CT molecular complexity index is 1990. The smallest absolute Gasteiger partial charge is 0.271 e. The molecule has 0 fully saturated rings. The van der Waals surface area contributed by atoms with Gasteiger partial charge in [-0.3, -0.25) is 9.36 Å². The fourth-order valence-electron chi connectivity index (χ4n) is 6.18. The average molecular weight is 544 g/mol. The molecule has 0 bridgehead atoms. The van der Waals surface area contributed by atoms with Crippen molar-refractivity contribution >= 4 is 23.1 Å². The topological polar surface area (TPSA) is 48.5 Å². The van der Waals surface area contributed by atoms with E-state index in [-0.39, 0.29) is 11.6 Å². The van der Waals surface area contributed by atoms with E-state index in [0.29, 0.717) is 4.53 Å². The Labute approximate surface area is 236 Å². The van der Waals surface area contributed by atoms with Crippen LogP contribution in [-0.2, 0) is 6.42 Å². The fourth-order valence-corrected chi connectivity index (χ4v) is 7.18. The molecule has 3 heterocycles. The first-order valence-electron chi connectivity index (χ1n) is 13.5. The van der Waals surface area contributed by atoms with Gasteiger partial charge in [0.05, 0.1) is 23.4 Å². The van der Waals surface area contributed by atoms with Crippen molar-refractivity contribution in [1.29, 1.82) is 0 Å². The van der Waals surface area contributed by atoms with E-state index in [9.17, 15) is 4.79 Å². The van der Waals surface area contributed by atoms with Gasteiger partial charge in [0, 0.05) is 22.6 Å². The molecule has 5 nitrogen and oxygen atoms in total. The van der Waals surface area contributed by atoms with Crippen molar-refractivity contribution in [1.82, 2.24) is 9.13 Å². The molecule has 7 rings (SSSR count). The van der Waals surface area contributed by atoms with E-state index in [2.05, 4.69) is 66.9 Å². The van der Waals surface area contributed by atoms with Gasteiger partial charge < -0.3 is 9.30 Å². The highest BCUT2D eigenvalue weighted by Crippen LogP contribution is 2.41. The van der Waals surface area contributed by atoms with Gasteiger partial charge >= 0.3 is 0 Å². The van der Waals surface area contributed by atoms with Gasteiger partial charge in [0.2, 0.25) is 0 Å². The third kappa shape index (κ3) is 3.90. The van der Waals surface area contributed by atoms with Crippen molar-refractivity contribution in [2.24, 2.45) is 4.99 Å². The van der Waals surface area contributed by atoms with Gasteiger partial charge in [0.25, 0.3) is 5.56 Å². The van der Waals surface area contributed by atoms with Crippen LogP contribution in [0.3, 0.4) is 0 Å². The Kier molecular flexibility index (Phi) is 5.93. The Morgan fingerprint density at radius 2 is 1.75 bits per heavy atom. The second-order valence-electron chi connectivity index (χ2n) is 10.4. The largest absolute Gasteiger partial charge is 0.497 e. The number of hydrogen-bond donors (Lipinski definition) is 0. The van der Waals surface area contributed by atoms with Gasteiger partial charge in [-0.1, -0.05) is 65.9 Å². The maximum absolute atomic E-state index is 14.2. The predicted octanol–water partition coefficient (Wildman–Crippen LogP) is 5.73. The van der Waals surface area contributed by atoms with Gasteiger partial charge in [-0.05, 0) is 85.4 Å². The average Bonchev–Trinajstić information content (AvgIpc) is 3.45. The van der Waals surface area contributed by atoms with Crippen LogP contribution in [0.4, 0.5) is 0 Å². The van der Waals surface area contributed by atoms with Crippen LogP contribution >= 0.6 is 11.3 Å². The van der Waals surface area contributed by atoms with Crippen LogP contribution in [0.5, 0.6) is 5.75 Å². The molecular formula is C34H29N3O2S. The van der Waals surface area contributed by atoms with Gasteiger partial charge in [0.1, 0.15) is 5.75 Å². The first-order valence-corrected chi connectivity index (χ1v) is 14.4. The zero-order valence-electron chi connectivity index (χ0n) is 22.7. The lowest BCUT2D eigenvalue weighted by atomic mass is 9.83. The minimum absolute atomic E-state index is 0.00788. The van der Waals surface area contributed by atoms with E-state index in [4.69, 9.17) is 9.73 Å². The zero-order chi connectivity index (χ0) is 27.4. The molecule has 1 aliphatic heterocycles. The minimum atomic E-state index is -0.228. The van der Waals surface area contributed by atoms with Crippen molar-refractivity contribution < 1.29 is 4.74 Å². The van der Waals surface area contributed by atoms with Crippen molar-refractivity contribution in [3.05, 3.63) is 144 Å². The van der Waals surface area contributed by atoms with E-state index >= 15 is 0 Å². The van der Waals surface area contributed by atoms with Gasteiger partial charge in [-0.25, -0.2) is 4.99 Å². The number of allylic oxidation sites excluding steroid dienone is 1. The lowest BCUT2D eigenvalue weighted by Crippen LogP contribution is -2.38. The number of aromatic nitrogens is 2. The standard InChI is InChI=1S/C34H29N3O2S/c1-21-18-25(22(2)36(21)26-12-5-4-6-13-26)20-30-33(38)37-32(24-11-9-14-27(19-24)39-3)29-17-16-23-10-7-8-15-28(23)31(29)35-34(37)40-30/h4-15,18-20,32H,16-17H2,1-3H3/b30-20-/t32-/m0/s1. The number of ether oxygens (including phenoxy) is 1. The number of benzene rings is 3. The lowest BCUT2D eigenvalue weighted by molar-refractivity contribution is 0.413. The lowest BCUT2D eigenvalue weighted by Gasteiger charge is -2.31. The first kappa shape index (κ1) is 24.6. The van der Waals surface area contributed by atoms with Crippen LogP contribution in [0.15, 0.2) is 100 Å². The van der Waals surface area contributed by atoms with Gasteiger partial charge in [0.15, 0.2) is 4.80 Å². The first-order chi connectivity index (χ1) is 19.5. The van der Waals surface area contributed by atoms with Crippen molar-refractivity contribution in [3.8, 4) is 11.4 Å². The number of aryl methyl sites for hydroxylation is 2. The number of methoxy groups -OCH3 is 1. The molecule has 40 heavy (non-hydrogen) atoms. The molecular weight excluding hydrogens is 514 g/mol. The third-order valence-electron chi connectivity index (χ3n) is 8.05. The number of fused-ring (bicyclic) bond motifs is 3. The molecule has 0 unspecified atom stereocenters. The third-order valence-corrected chi connectivity index (χ3v) is 9.04. The monoisotopic (exact) mass is 543 g/mol. The number of rotatable bonds is 4. The summed E-state index contributed by atoms with van der Waals surface area (Å²) in [6.07, 6.45) is 3.82. The predicted molar refractivity (Wildman–Crippen MR) is 161 cm³/mol. The van der Waals surface area contributed by atoms with E-state index < -0.39 is 0 Å². The number of thiazole rings is 1. The molecule has 5 aromatic rings. The molecule has 2 aliphatic rings. The molecule has 0 N–H and O–H groups in total. The van der Waals surface area contributed by atoms with E-state index in [0.717, 1.165) is 57.3 Å². The Morgan fingerprint density at radius 1 is 0.950 bits per heavy atom. The van der Waals surface area contributed by atoms with E-state index in [1.807, 2.05) is 47.0 Å². The number of para-hydroxylation sites is 1. The summed E-state index contributed by atoms with van der Waals surface area (Å²) in [6.45, 7) is 4.21. The van der Waals surface area contributed by atoms with Crippen LogP contribution in [0.1, 0.15) is 46.1 Å². The summed E-state index contributed by atoms with van der Waals surface area (Å²) >= 11 is 1.47. The fraction of sp³-hybridized carbons (Fsp3) is 0.176. The van der Waals surface area contributed by atoms with Crippen molar-refractivity contribution in [2.75, 3.05) is 7.11 Å². The Balaban J connectivity index is 1.45. The maximum atomic E-state index is 14.2. The Morgan fingerprint density at radius 3 is 2.58 bits per heavy atom. The van der Waals surface area contributed by atoms with Crippen molar-refractivity contribution in [2.45, 2.75) is 32.7 Å². The highest BCUT2D eigenvalue weighted by Gasteiger charge is 2.32. The molecule has 0 radical (unpaired) electrons. The number of nitrogens with zero attached hydrogens (tertiary/aromatic N) is 3. The molecule has 0 saturated heterocycles. The second kappa shape index (κ2) is 9.65. The summed E-state index contributed by atoms with van der Waals surface area (Å²) in [4.78, 5) is 20.1. The molecule has 0 amide bonds.